The van der Waals surface area contributed by atoms with Gasteiger partial charge in [-0.05, 0) is 30.7 Å². The predicted octanol–water partition coefficient (Wildman–Crippen LogP) is 2.07. The molecule has 2 aromatic rings. The number of hydrogen-bond acceptors (Lipinski definition) is 1. The van der Waals surface area contributed by atoms with E-state index in [0.717, 1.165) is 11.1 Å². The highest BCUT2D eigenvalue weighted by atomic mass is 16.1. The molecule has 0 N–H and O–H groups in total. The zero-order valence-electron chi connectivity index (χ0n) is 7.53. The van der Waals surface area contributed by atoms with E-state index < -0.39 is 0 Å². The first-order valence-electron chi connectivity index (χ1n) is 4.31. The molecule has 0 spiro atoms. The molecule has 0 amide bonds. The van der Waals surface area contributed by atoms with E-state index >= 15 is 0 Å². The molecule has 2 heteroatoms. The van der Waals surface area contributed by atoms with Crippen molar-refractivity contribution in [1.29, 1.82) is 0 Å². The standard InChI is InChI=1S/C11H11NO/c1-9(13)8-10-5-7-12-6-3-2-4-11(10)12/h2-7H,8H2,1H3. The summed E-state index contributed by atoms with van der Waals surface area (Å²) in [6.45, 7) is 1.62. The van der Waals surface area contributed by atoms with Crippen molar-refractivity contribution in [3.05, 3.63) is 42.2 Å². The maximum Gasteiger partial charge on any atom is 0.134 e. The summed E-state index contributed by atoms with van der Waals surface area (Å²) in [6.07, 6.45) is 4.49. The Labute approximate surface area is 76.8 Å². The molecule has 0 aromatic carbocycles. The molecule has 2 aromatic heterocycles. The molecule has 2 heterocycles. The molecule has 2 rings (SSSR count). The van der Waals surface area contributed by atoms with Gasteiger partial charge in [-0.1, -0.05) is 6.07 Å². The summed E-state index contributed by atoms with van der Waals surface area (Å²) in [5.41, 5.74) is 2.23. The van der Waals surface area contributed by atoms with Crippen LogP contribution in [0.4, 0.5) is 0 Å². The van der Waals surface area contributed by atoms with E-state index in [1.165, 1.54) is 0 Å². The molecule has 13 heavy (non-hydrogen) atoms. The molecular weight excluding hydrogens is 162 g/mol. The zero-order chi connectivity index (χ0) is 9.26. The van der Waals surface area contributed by atoms with Crippen LogP contribution in [0.25, 0.3) is 5.52 Å². The van der Waals surface area contributed by atoms with Crippen molar-refractivity contribution in [2.24, 2.45) is 0 Å². The molecule has 0 saturated heterocycles. The Morgan fingerprint density at radius 2 is 2.15 bits per heavy atom. The Balaban J connectivity index is 2.51. The van der Waals surface area contributed by atoms with Gasteiger partial charge in [0.25, 0.3) is 0 Å². The quantitative estimate of drug-likeness (QED) is 0.681. The monoisotopic (exact) mass is 173 g/mol. The first-order valence-corrected chi connectivity index (χ1v) is 4.31. The van der Waals surface area contributed by atoms with Crippen LogP contribution in [0.1, 0.15) is 12.5 Å². The lowest BCUT2D eigenvalue weighted by Gasteiger charge is -1.96. The van der Waals surface area contributed by atoms with E-state index in [9.17, 15) is 4.79 Å². The topological polar surface area (TPSA) is 21.5 Å². The van der Waals surface area contributed by atoms with E-state index in [1.807, 2.05) is 41.1 Å². The fraction of sp³-hybridized carbons (Fsp3) is 0.182. The largest absolute Gasteiger partial charge is 0.324 e. The molecule has 0 bridgehead atoms. The van der Waals surface area contributed by atoms with Crippen molar-refractivity contribution in [3.8, 4) is 0 Å². The summed E-state index contributed by atoms with van der Waals surface area (Å²) in [4.78, 5) is 10.9. The van der Waals surface area contributed by atoms with Crippen LogP contribution in [0.5, 0.6) is 0 Å². The maximum absolute atomic E-state index is 10.9. The van der Waals surface area contributed by atoms with Crippen LogP contribution in [0.15, 0.2) is 36.7 Å². The Kier molecular flexibility index (Phi) is 1.89. The highest BCUT2D eigenvalue weighted by Gasteiger charge is 2.03. The molecule has 0 fully saturated rings. The Bertz CT molecular complexity index is 442. The molecular formula is C11H11NO. The van der Waals surface area contributed by atoms with Gasteiger partial charge in [-0.25, -0.2) is 0 Å². The van der Waals surface area contributed by atoms with Crippen LogP contribution >= 0.6 is 0 Å². The highest BCUT2D eigenvalue weighted by Crippen LogP contribution is 2.12. The van der Waals surface area contributed by atoms with Gasteiger partial charge < -0.3 is 4.40 Å². The van der Waals surface area contributed by atoms with Gasteiger partial charge in [-0.3, -0.25) is 4.79 Å². The highest BCUT2D eigenvalue weighted by molar-refractivity contribution is 5.80. The maximum atomic E-state index is 10.9. The van der Waals surface area contributed by atoms with Crippen LogP contribution in [-0.2, 0) is 11.2 Å². The second kappa shape index (κ2) is 3.05. The molecule has 2 nitrogen and oxygen atoms in total. The molecule has 0 aliphatic heterocycles. The van der Waals surface area contributed by atoms with Crippen molar-refractivity contribution in [2.75, 3.05) is 0 Å². The predicted molar refractivity (Wildman–Crippen MR) is 51.8 cm³/mol. The number of carbonyl (C=O) groups is 1. The van der Waals surface area contributed by atoms with E-state index in [0.29, 0.717) is 6.42 Å². The number of carbonyl (C=O) groups excluding carboxylic acids is 1. The summed E-state index contributed by atoms with van der Waals surface area (Å²) in [6, 6.07) is 7.98. The number of hydrogen-bond donors (Lipinski definition) is 0. The van der Waals surface area contributed by atoms with Gasteiger partial charge in [-0.2, -0.15) is 0 Å². The van der Waals surface area contributed by atoms with E-state index in [4.69, 9.17) is 0 Å². The van der Waals surface area contributed by atoms with Crippen molar-refractivity contribution >= 4 is 11.3 Å². The number of pyridine rings is 1. The fourth-order valence-corrected chi connectivity index (χ4v) is 1.53. The summed E-state index contributed by atoms with van der Waals surface area (Å²) >= 11 is 0. The third-order valence-corrected chi connectivity index (χ3v) is 2.09. The zero-order valence-corrected chi connectivity index (χ0v) is 7.53. The summed E-state index contributed by atoms with van der Waals surface area (Å²) in [5, 5.41) is 0. The molecule has 0 atom stereocenters. The average molecular weight is 173 g/mol. The van der Waals surface area contributed by atoms with Gasteiger partial charge in [0.15, 0.2) is 0 Å². The van der Waals surface area contributed by atoms with Crippen molar-refractivity contribution in [2.45, 2.75) is 13.3 Å². The molecule has 0 saturated carbocycles. The first kappa shape index (κ1) is 8.05. The Morgan fingerprint density at radius 3 is 2.92 bits per heavy atom. The third-order valence-electron chi connectivity index (χ3n) is 2.09. The van der Waals surface area contributed by atoms with Crippen LogP contribution in [0.3, 0.4) is 0 Å². The fourth-order valence-electron chi connectivity index (χ4n) is 1.53. The lowest BCUT2D eigenvalue weighted by Crippen LogP contribution is -1.95. The van der Waals surface area contributed by atoms with Crippen LogP contribution in [0.2, 0.25) is 0 Å². The minimum Gasteiger partial charge on any atom is -0.324 e. The van der Waals surface area contributed by atoms with Gasteiger partial charge in [0.1, 0.15) is 5.78 Å². The van der Waals surface area contributed by atoms with Gasteiger partial charge in [0.2, 0.25) is 0 Å². The molecule has 0 aliphatic carbocycles. The molecule has 0 radical (unpaired) electrons. The van der Waals surface area contributed by atoms with Crippen LogP contribution in [-0.4, -0.2) is 10.2 Å². The lowest BCUT2D eigenvalue weighted by molar-refractivity contribution is -0.116. The minimum absolute atomic E-state index is 0.206. The molecule has 0 unspecified atom stereocenters. The van der Waals surface area contributed by atoms with E-state index in [1.54, 1.807) is 6.92 Å². The van der Waals surface area contributed by atoms with Crippen LogP contribution in [0, 0.1) is 0 Å². The van der Waals surface area contributed by atoms with Gasteiger partial charge in [0.05, 0.1) is 0 Å². The first-order chi connectivity index (χ1) is 6.27. The smallest absolute Gasteiger partial charge is 0.134 e. The number of nitrogens with zero attached hydrogens (tertiary/aromatic N) is 1. The summed E-state index contributed by atoms with van der Waals surface area (Å²) < 4.78 is 2.03. The SMILES string of the molecule is CC(=O)Cc1ccn2ccccc12. The Morgan fingerprint density at radius 1 is 1.31 bits per heavy atom. The molecule has 0 aliphatic rings. The summed E-state index contributed by atoms with van der Waals surface area (Å²) in [7, 11) is 0. The Hall–Kier alpha value is -1.57. The summed E-state index contributed by atoms with van der Waals surface area (Å²) in [5.74, 6) is 0.206. The second-order valence-corrected chi connectivity index (χ2v) is 3.21. The number of rotatable bonds is 2. The van der Waals surface area contributed by atoms with Crippen molar-refractivity contribution < 1.29 is 4.79 Å². The normalized spacial score (nSPS) is 10.5. The van der Waals surface area contributed by atoms with Gasteiger partial charge in [-0.15, -0.1) is 0 Å². The second-order valence-electron chi connectivity index (χ2n) is 3.21. The van der Waals surface area contributed by atoms with Crippen LogP contribution < -0.4 is 0 Å². The minimum atomic E-state index is 0.206. The number of Topliss-reactive ketones (excluding diaryl/α,β-unsaturated/α-hetero) is 1. The van der Waals surface area contributed by atoms with E-state index in [-0.39, 0.29) is 5.78 Å². The van der Waals surface area contributed by atoms with Gasteiger partial charge >= 0.3 is 0 Å². The number of fused-ring (bicyclic) bond motifs is 1. The van der Waals surface area contributed by atoms with Gasteiger partial charge in [0, 0.05) is 24.3 Å². The molecule has 66 valence electrons. The number of ketones is 1. The third kappa shape index (κ3) is 1.47. The van der Waals surface area contributed by atoms with E-state index in [2.05, 4.69) is 0 Å². The number of aromatic nitrogens is 1. The van der Waals surface area contributed by atoms with Crippen molar-refractivity contribution in [3.63, 3.8) is 0 Å². The average Bonchev–Trinajstić information content (AvgIpc) is 2.48. The lowest BCUT2D eigenvalue weighted by atomic mass is 10.1. The van der Waals surface area contributed by atoms with Crippen molar-refractivity contribution in [1.82, 2.24) is 4.40 Å².